The molecule has 1 aromatic carbocycles. The number of rotatable bonds is 9. The maximum Gasteiger partial charge on any atom is 0.334 e. The predicted octanol–water partition coefficient (Wildman–Crippen LogP) is 0.133. The topological polar surface area (TPSA) is 185 Å². The van der Waals surface area contributed by atoms with Crippen LogP contribution in [0.2, 0.25) is 0 Å². The van der Waals surface area contributed by atoms with E-state index < -0.39 is 67.5 Å². The van der Waals surface area contributed by atoms with Crippen molar-refractivity contribution in [3.05, 3.63) is 53.8 Å². The highest BCUT2D eigenvalue weighted by atomic mass is 16.8. The molecule has 3 aliphatic rings. The van der Waals surface area contributed by atoms with Crippen LogP contribution < -0.4 is 4.74 Å². The van der Waals surface area contributed by atoms with Gasteiger partial charge in [0.15, 0.2) is 17.8 Å². The van der Waals surface area contributed by atoms with Gasteiger partial charge in [-0.2, -0.15) is 0 Å². The highest BCUT2D eigenvalue weighted by Gasteiger charge is 2.52. The van der Waals surface area contributed by atoms with Crippen molar-refractivity contribution in [3.8, 4) is 11.5 Å². The van der Waals surface area contributed by atoms with Crippen LogP contribution in [0.5, 0.6) is 11.5 Å². The second kappa shape index (κ2) is 11.8. The summed E-state index contributed by atoms with van der Waals surface area (Å²) in [4.78, 5) is 11.7. The van der Waals surface area contributed by atoms with Crippen molar-refractivity contribution < 1.29 is 59.1 Å². The normalized spacial score (nSPS) is 35.0. The van der Waals surface area contributed by atoms with E-state index in [-0.39, 0.29) is 24.4 Å². The molecule has 0 spiro atoms. The van der Waals surface area contributed by atoms with Crippen molar-refractivity contribution in [1.29, 1.82) is 0 Å². The van der Waals surface area contributed by atoms with Crippen molar-refractivity contribution in [2.75, 3.05) is 20.3 Å². The van der Waals surface area contributed by atoms with Crippen LogP contribution in [0.3, 0.4) is 0 Å². The Hall–Kier alpha value is -2.97. The molecule has 1 aliphatic carbocycles. The number of ether oxygens (including phenoxy) is 5. The molecule has 0 unspecified atom stereocenters. The van der Waals surface area contributed by atoms with E-state index in [0.29, 0.717) is 16.9 Å². The van der Waals surface area contributed by atoms with Crippen LogP contribution in [0.25, 0.3) is 6.08 Å². The van der Waals surface area contributed by atoms with E-state index in [1.54, 1.807) is 24.3 Å². The number of phenols is 1. The second-order valence-electron chi connectivity index (χ2n) is 9.32. The van der Waals surface area contributed by atoms with Gasteiger partial charge in [0.2, 0.25) is 6.29 Å². The number of aromatic hydroxyl groups is 1. The first-order valence-corrected chi connectivity index (χ1v) is 12.0. The summed E-state index contributed by atoms with van der Waals surface area (Å²) in [5.41, 5.74) is 1.02. The highest BCUT2D eigenvalue weighted by Crippen LogP contribution is 2.46. The molecule has 2 heterocycles. The molecule has 1 saturated heterocycles. The number of fused-ring (bicyclic) bond motifs is 1. The summed E-state index contributed by atoms with van der Waals surface area (Å²) in [6, 6.07) is 4.75. The first-order valence-electron chi connectivity index (χ1n) is 12.0. The number of aliphatic hydroxyl groups excluding tert-OH is 4. The molecule has 0 radical (unpaired) electrons. The van der Waals surface area contributed by atoms with Crippen molar-refractivity contribution in [2.24, 2.45) is 11.8 Å². The molecule has 1 aromatic rings. The Balaban J connectivity index is 1.50. The summed E-state index contributed by atoms with van der Waals surface area (Å²) in [7, 11) is 1.43. The number of methoxy groups -OCH3 is 1. The van der Waals surface area contributed by atoms with Gasteiger partial charge in [-0.25, -0.2) is 4.79 Å². The van der Waals surface area contributed by atoms with Gasteiger partial charge in [0.25, 0.3) is 0 Å². The van der Waals surface area contributed by atoms with Crippen LogP contribution in [0.1, 0.15) is 12.0 Å². The SMILES string of the molecule is C=C1[C@H]2[C@H](O[C@@H]3O[C@H](CO)[C@@H](O)[C@H](O)[C@H]3OC/C=C/c3ccc(O)c(OC)c3)OC=C(C(=O)O)[C@H]2C[C@@H]1O. The van der Waals surface area contributed by atoms with E-state index in [1.165, 1.54) is 13.2 Å². The Morgan fingerprint density at radius 3 is 2.66 bits per heavy atom. The lowest BCUT2D eigenvalue weighted by molar-refractivity contribution is -0.344. The lowest BCUT2D eigenvalue weighted by Crippen LogP contribution is -2.61. The molecule has 6 N–H and O–H groups in total. The van der Waals surface area contributed by atoms with Gasteiger partial charge >= 0.3 is 5.97 Å². The summed E-state index contributed by atoms with van der Waals surface area (Å²) in [5, 5.41) is 60.4. The third kappa shape index (κ3) is 5.57. The zero-order valence-corrected chi connectivity index (χ0v) is 20.6. The van der Waals surface area contributed by atoms with Crippen LogP contribution in [0, 0.1) is 11.8 Å². The van der Waals surface area contributed by atoms with E-state index in [9.17, 15) is 35.4 Å². The molecule has 2 aliphatic heterocycles. The standard InChI is InChI=1S/C26H32O12/c1-12-17(29)9-14-15(24(32)33)11-36-25(20(12)14)38-26-23(22(31)21(30)19(10-27)37-26)35-7-3-4-13-5-6-16(28)18(8-13)34-2/h3-6,8,11,14,17,19-23,25-31H,1,7,9-10H2,2H3,(H,32,33)/b4-3+/t14-,17+,19-,20-,21-,22+,23-,25+,26+/m1/s1. The van der Waals surface area contributed by atoms with Crippen molar-refractivity contribution in [2.45, 2.75) is 49.5 Å². The van der Waals surface area contributed by atoms with Gasteiger partial charge in [0.05, 0.1) is 44.2 Å². The molecular weight excluding hydrogens is 504 g/mol. The number of carbonyl (C=O) groups is 1. The summed E-state index contributed by atoms with van der Waals surface area (Å²) in [6.45, 7) is 3.22. The molecule has 0 bridgehead atoms. The Kier molecular flexibility index (Phi) is 8.73. The molecule has 1 saturated carbocycles. The van der Waals surface area contributed by atoms with E-state index >= 15 is 0 Å². The Morgan fingerprint density at radius 2 is 1.97 bits per heavy atom. The minimum atomic E-state index is -1.50. The number of benzene rings is 1. The molecule has 208 valence electrons. The van der Waals surface area contributed by atoms with Crippen LogP contribution in [0.15, 0.2) is 48.3 Å². The molecule has 0 amide bonds. The minimum Gasteiger partial charge on any atom is -0.504 e. The molecule has 12 heteroatoms. The van der Waals surface area contributed by atoms with Crippen LogP contribution in [-0.2, 0) is 23.7 Å². The summed E-state index contributed by atoms with van der Waals surface area (Å²) >= 11 is 0. The van der Waals surface area contributed by atoms with E-state index in [0.717, 1.165) is 6.26 Å². The Bertz CT molecular complexity index is 1080. The van der Waals surface area contributed by atoms with E-state index in [2.05, 4.69) is 6.58 Å². The minimum absolute atomic E-state index is 0.00857. The smallest absolute Gasteiger partial charge is 0.334 e. The fourth-order valence-corrected chi connectivity index (χ4v) is 4.97. The van der Waals surface area contributed by atoms with Gasteiger partial charge in [0.1, 0.15) is 24.4 Å². The fraction of sp³-hybridized carbons (Fsp3) is 0.500. The highest BCUT2D eigenvalue weighted by molar-refractivity contribution is 5.87. The number of aliphatic carboxylic acids is 1. The van der Waals surface area contributed by atoms with Gasteiger partial charge in [-0.05, 0) is 29.7 Å². The van der Waals surface area contributed by atoms with Gasteiger partial charge in [-0.1, -0.05) is 24.8 Å². The zero-order valence-electron chi connectivity index (χ0n) is 20.6. The van der Waals surface area contributed by atoms with Crippen molar-refractivity contribution in [3.63, 3.8) is 0 Å². The maximum absolute atomic E-state index is 11.7. The average Bonchev–Trinajstić information content (AvgIpc) is 3.20. The predicted molar refractivity (Wildman–Crippen MR) is 130 cm³/mol. The number of carboxylic acid groups (broad SMARTS) is 1. The molecule has 0 aromatic heterocycles. The third-order valence-electron chi connectivity index (χ3n) is 7.03. The monoisotopic (exact) mass is 536 g/mol. The van der Waals surface area contributed by atoms with E-state index in [4.69, 9.17) is 23.7 Å². The quantitative estimate of drug-likeness (QED) is 0.235. The van der Waals surface area contributed by atoms with E-state index in [1.807, 2.05) is 0 Å². The Morgan fingerprint density at radius 1 is 1.21 bits per heavy atom. The molecule has 2 fully saturated rings. The number of phenolic OH excluding ortho intramolecular Hbond substituents is 1. The maximum atomic E-state index is 11.7. The second-order valence-corrected chi connectivity index (χ2v) is 9.32. The average molecular weight is 537 g/mol. The lowest BCUT2D eigenvalue weighted by Gasteiger charge is -2.44. The lowest BCUT2D eigenvalue weighted by atomic mass is 9.85. The Labute approximate surface area is 218 Å². The number of hydrogen-bond acceptors (Lipinski definition) is 11. The molecule has 4 rings (SSSR count). The molecular formula is C26H32O12. The van der Waals surface area contributed by atoms with Gasteiger partial charge < -0.3 is 54.3 Å². The molecule has 9 atom stereocenters. The summed E-state index contributed by atoms with van der Waals surface area (Å²) < 4.78 is 28.1. The summed E-state index contributed by atoms with van der Waals surface area (Å²) in [6.07, 6.45) is -4.30. The largest absolute Gasteiger partial charge is 0.504 e. The fourth-order valence-electron chi connectivity index (χ4n) is 4.97. The molecule has 38 heavy (non-hydrogen) atoms. The zero-order chi connectivity index (χ0) is 27.6. The third-order valence-corrected chi connectivity index (χ3v) is 7.03. The summed E-state index contributed by atoms with van der Waals surface area (Å²) in [5.74, 6) is -2.24. The number of carboxylic acids is 1. The van der Waals surface area contributed by atoms with Crippen molar-refractivity contribution in [1.82, 2.24) is 0 Å². The van der Waals surface area contributed by atoms with Crippen molar-refractivity contribution >= 4 is 12.0 Å². The molecule has 12 nitrogen and oxygen atoms in total. The number of aliphatic hydroxyl groups is 4. The van der Waals surface area contributed by atoms with Gasteiger partial charge in [0, 0.05) is 5.92 Å². The first kappa shape index (κ1) is 28.0. The first-order chi connectivity index (χ1) is 18.2. The van der Waals surface area contributed by atoms with Crippen LogP contribution in [0.4, 0.5) is 0 Å². The van der Waals surface area contributed by atoms with Gasteiger partial charge in [-0.3, -0.25) is 0 Å². The van der Waals surface area contributed by atoms with Crippen LogP contribution in [-0.4, -0.2) is 100 Å². The van der Waals surface area contributed by atoms with Crippen LogP contribution >= 0.6 is 0 Å². The van der Waals surface area contributed by atoms with Gasteiger partial charge in [-0.15, -0.1) is 0 Å². The number of hydrogen-bond donors (Lipinski definition) is 6.